The molecular weight excluding hydrogens is 328 g/mol. The molecule has 0 saturated heterocycles. The fraction of sp³-hybridized carbons (Fsp3) is 0.375. The van der Waals surface area contributed by atoms with E-state index in [1.54, 1.807) is 48.5 Å². The largest absolute Gasteiger partial charge is 0.347 e. The van der Waals surface area contributed by atoms with Crippen molar-refractivity contribution in [3.8, 4) is 0 Å². The van der Waals surface area contributed by atoms with Crippen LogP contribution in [0, 0.1) is 0 Å². The molecule has 1 amide bonds. The number of sulfonamides is 1. The number of anilines is 1. The van der Waals surface area contributed by atoms with Crippen molar-refractivity contribution in [3.63, 3.8) is 0 Å². The van der Waals surface area contributed by atoms with Crippen LogP contribution in [0.2, 0.25) is 0 Å². The topological polar surface area (TPSA) is 86.4 Å². The first-order valence-electron chi connectivity index (χ1n) is 7.72. The Morgan fingerprint density at radius 2 is 2.04 bits per heavy atom. The summed E-state index contributed by atoms with van der Waals surface area (Å²) >= 11 is 0. The highest BCUT2D eigenvalue weighted by Gasteiger charge is 2.33. The van der Waals surface area contributed by atoms with Crippen LogP contribution in [-0.4, -0.2) is 48.0 Å². The molecule has 128 valence electrons. The molecule has 7 nitrogen and oxygen atoms in total. The number of benzene rings is 1. The highest BCUT2D eigenvalue weighted by molar-refractivity contribution is 7.92. The Labute approximate surface area is 141 Å². The van der Waals surface area contributed by atoms with Gasteiger partial charge in [0, 0.05) is 13.0 Å². The Bertz CT molecular complexity index is 832. The smallest absolute Gasteiger partial charge is 0.246 e. The predicted octanol–water partition coefficient (Wildman–Crippen LogP) is 1.15. The second-order valence-corrected chi connectivity index (χ2v) is 7.77. The number of fused-ring (bicyclic) bond motifs is 1. The maximum absolute atomic E-state index is 12.9. The molecule has 0 aliphatic carbocycles. The van der Waals surface area contributed by atoms with E-state index in [-0.39, 0.29) is 5.91 Å². The van der Waals surface area contributed by atoms with Crippen LogP contribution in [0.1, 0.15) is 18.3 Å². The van der Waals surface area contributed by atoms with E-state index in [4.69, 9.17) is 0 Å². The van der Waals surface area contributed by atoms with Gasteiger partial charge in [0.2, 0.25) is 15.9 Å². The molecule has 1 unspecified atom stereocenters. The van der Waals surface area contributed by atoms with Gasteiger partial charge >= 0.3 is 0 Å². The van der Waals surface area contributed by atoms with E-state index in [0.717, 1.165) is 17.6 Å². The summed E-state index contributed by atoms with van der Waals surface area (Å²) in [6, 6.07) is 7.88. The van der Waals surface area contributed by atoms with Gasteiger partial charge in [-0.2, -0.15) is 0 Å². The van der Waals surface area contributed by atoms with Gasteiger partial charge in [0.15, 0.2) is 0 Å². The summed E-state index contributed by atoms with van der Waals surface area (Å²) in [6.07, 6.45) is 3.41. The van der Waals surface area contributed by atoms with E-state index in [9.17, 15) is 13.2 Å². The van der Waals surface area contributed by atoms with Gasteiger partial charge in [-0.15, -0.1) is 0 Å². The third-order valence-electron chi connectivity index (χ3n) is 4.16. The van der Waals surface area contributed by atoms with Crippen molar-refractivity contribution >= 4 is 21.6 Å². The van der Waals surface area contributed by atoms with Crippen molar-refractivity contribution in [3.05, 3.63) is 48.0 Å². The number of rotatable bonds is 4. The summed E-state index contributed by atoms with van der Waals surface area (Å²) in [7, 11) is -3.58. The minimum absolute atomic E-state index is 0.218. The van der Waals surface area contributed by atoms with E-state index < -0.39 is 16.1 Å². The molecule has 1 N–H and O–H groups in total. The van der Waals surface area contributed by atoms with Crippen LogP contribution in [0.25, 0.3) is 0 Å². The van der Waals surface area contributed by atoms with Gasteiger partial charge in [-0.1, -0.05) is 18.2 Å². The Morgan fingerprint density at radius 3 is 2.71 bits per heavy atom. The molecular formula is C16H20N4O3S. The second-order valence-electron chi connectivity index (χ2n) is 5.91. The van der Waals surface area contributed by atoms with Crippen LogP contribution in [0.15, 0.2) is 36.7 Å². The second kappa shape index (κ2) is 6.27. The summed E-state index contributed by atoms with van der Waals surface area (Å²) in [5.41, 5.74) is 2.36. The molecule has 0 radical (unpaired) electrons. The number of hydrogen-bond acceptors (Lipinski definition) is 4. The minimum Gasteiger partial charge on any atom is -0.347 e. The molecule has 0 spiro atoms. The summed E-state index contributed by atoms with van der Waals surface area (Å²) in [5, 5.41) is 0. The number of nitrogens with one attached hydrogen (secondary N) is 1. The molecule has 24 heavy (non-hydrogen) atoms. The van der Waals surface area contributed by atoms with Crippen molar-refractivity contribution in [2.24, 2.45) is 0 Å². The lowest BCUT2D eigenvalue weighted by molar-refractivity contribution is -0.133. The first-order valence-corrected chi connectivity index (χ1v) is 9.57. The van der Waals surface area contributed by atoms with Gasteiger partial charge < -0.3 is 9.88 Å². The van der Waals surface area contributed by atoms with Gasteiger partial charge in [-0.05, 0) is 19.1 Å². The molecule has 2 heterocycles. The Hall–Kier alpha value is -2.35. The average Bonchev–Trinajstić information content (AvgIpc) is 3.01. The highest BCUT2D eigenvalue weighted by Crippen LogP contribution is 2.23. The predicted molar refractivity (Wildman–Crippen MR) is 90.9 cm³/mol. The number of aromatic amines is 1. The van der Waals surface area contributed by atoms with Crippen molar-refractivity contribution in [1.29, 1.82) is 0 Å². The molecule has 0 fully saturated rings. The SMILES string of the molecule is CC(C(=O)N1CCc2nc[nH]c2C1)N(c1ccccc1)S(C)(=O)=O. The molecule has 1 aliphatic rings. The van der Waals surface area contributed by atoms with Gasteiger partial charge in [-0.25, -0.2) is 13.4 Å². The first-order chi connectivity index (χ1) is 11.4. The van der Waals surface area contributed by atoms with Crippen LogP contribution in [0.5, 0.6) is 0 Å². The summed E-state index contributed by atoms with van der Waals surface area (Å²) in [5.74, 6) is -0.218. The minimum atomic E-state index is -3.58. The van der Waals surface area contributed by atoms with Crippen LogP contribution in [-0.2, 0) is 27.8 Å². The maximum Gasteiger partial charge on any atom is 0.246 e. The number of amides is 1. The molecule has 0 saturated carbocycles. The zero-order valence-corrected chi connectivity index (χ0v) is 14.5. The maximum atomic E-state index is 12.9. The Kier molecular flexibility index (Phi) is 4.31. The van der Waals surface area contributed by atoms with E-state index in [1.807, 2.05) is 0 Å². The van der Waals surface area contributed by atoms with E-state index in [1.165, 1.54) is 4.31 Å². The molecule has 8 heteroatoms. The van der Waals surface area contributed by atoms with Crippen molar-refractivity contribution < 1.29 is 13.2 Å². The van der Waals surface area contributed by atoms with Gasteiger partial charge in [0.25, 0.3) is 0 Å². The average molecular weight is 348 g/mol. The van der Waals surface area contributed by atoms with E-state index in [0.29, 0.717) is 25.2 Å². The monoisotopic (exact) mass is 348 g/mol. The zero-order valence-electron chi connectivity index (χ0n) is 13.6. The Balaban J connectivity index is 1.85. The molecule has 1 aromatic heterocycles. The third kappa shape index (κ3) is 3.14. The number of hydrogen-bond donors (Lipinski definition) is 1. The fourth-order valence-electron chi connectivity index (χ4n) is 3.04. The number of carbonyl (C=O) groups is 1. The van der Waals surface area contributed by atoms with Gasteiger partial charge in [0.1, 0.15) is 6.04 Å². The number of imidazole rings is 1. The molecule has 2 aromatic rings. The molecule has 0 bridgehead atoms. The van der Waals surface area contributed by atoms with Crippen molar-refractivity contribution in [2.45, 2.75) is 25.9 Å². The molecule has 1 aliphatic heterocycles. The zero-order chi connectivity index (χ0) is 17.3. The standard InChI is InChI=1S/C16H20N4O3S/c1-12(20(24(2,22)23)13-6-4-3-5-7-13)16(21)19-9-8-14-15(10-19)18-11-17-14/h3-7,11-12H,8-10H2,1-2H3,(H,17,18). The van der Waals surface area contributed by atoms with E-state index in [2.05, 4.69) is 9.97 Å². The molecule has 1 aromatic carbocycles. The number of para-hydroxylation sites is 1. The lowest BCUT2D eigenvalue weighted by atomic mass is 10.1. The molecule has 1 atom stereocenters. The summed E-state index contributed by atoms with van der Waals surface area (Å²) in [4.78, 5) is 21.8. The van der Waals surface area contributed by atoms with Gasteiger partial charge in [0.05, 0.1) is 36.2 Å². The summed E-state index contributed by atoms with van der Waals surface area (Å²) < 4.78 is 25.7. The normalized spacial score (nSPS) is 15.7. The Morgan fingerprint density at radius 1 is 1.33 bits per heavy atom. The number of carbonyl (C=O) groups excluding carboxylic acids is 1. The summed E-state index contributed by atoms with van der Waals surface area (Å²) in [6.45, 7) is 2.58. The van der Waals surface area contributed by atoms with Crippen molar-refractivity contribution in [2.75, 3.05) is 17.1 Å². The third-order valence-corrected chi connectivity index (χ3v) is 5.41. The fourth-order valence-corrected chi connectivity index (χ4v) is 4.21. The number of aromatic nitrogens is 2. The van der Waals surface area contributed by atoms with E-state index >= 15 is 0 Å². The van der Waals surface area contributed by atoms with Crippen LogP contribution in [0.4, 0.5) is 5.69 Å². The quantitative estimate of drug-likeness (QED) is 0.898. The lowest BCUT2D eigenvalue weighted by Gasteiger charge is -2.34. The van der Waals surface area contributed by atoms with Crippen molar-refractivity contribution in [1.82, 2.24) is 14.9 Å². The lowest BCUT2D eigenvalue weighted by Crippen LogP contribution is -2.50. The highest BCUT2D eigenvalue weighted by atomic mass is 32.2. The van der Waals surface area contributed by atoms with Crippen LogP contribution >= 0.6 is 0 Å². The van der Waals surface area contributed by atoms with Crippen LogP contribution < -0.4 is 4.31 Å². The first kappa shape index (κ1) is 16.5. The van der Waals surface area contributed by atoms with Gasteiger partial charge in [-0.3, -0.25) is 9.10 Å². The molecule has 3 rings (SSSR count). The van der Waals surface area contributed by atoms with Crippen LogP contribution in [0.3, 0.4) is 0 Å². The number of nitrogens with zero attached hydrogens (tertiary/aromatic N) is 3. The number of H-pyrrole nitrogens is 1.